The van der Waals surface area contributed by atoms with Crippen LogP contribution in [0.15, 0.2) is 35.7 Å². The maximum absolute atomic E-state index is 12.6. The van der Waals surface area contributed by atoms with Gasteiger partial charge in [-0.3, -0.25) is 0 Å². The van der Waals surface area contributed by atoms with Gasteiger partial charge in [0.05, 0.1) is 12.2 Å². The minimum Gasteiger partial charge on any atom is -0.462 e. The Morgan fingerprint density at radius 1 is 1.29 bits per heavy atom. The van der Waals surface area contributed by atoms with Crippen molar-refractivity contribution < 1.29 is 22.7 Å². The van der Waals surface area contributed by atoms with Gasteiger partial charge >= 0.3 is 12.1 Å². The molecule has 1 aromatic rings. The standard InChI is InChI=1S/C16H18F3N3O2/c1-4-24-15(23)13(9-20)14(21-10(2)3)22-12-7-5-11(6-8-12)16(17,18)19/h5-8,10,21-22H,4H2,1-3H3/b14-13-. The van der Waals surface area contributed by atoms with E-state index in [1.54, 1.807) is 26.8 Å². The second-order valence-electron chi connectivity index (χ2n) is 5.08. The maximum Gasteiger partial charge on any atom is 0.416 e. The van der Waals surface area contributed by atoms with Gasteiger partial charge in [-0.25, -0.2) is 4.79 Å². The zero-order valence-corrected chi connectivity index (χ0v) is 13.5. The van der Waals surface area contributed by atoms with Crippen LogP contribution in [0.2, 0.25) is 0 Å². The lowest BCUT2D eigenvalue weighted by molar-refractivity contribution is -0.138. The summed E-state index contributed by atoms with van der Waals surface area (Å²) in [7, 11) is 0. The van der Waals surface area contributed by atoms with Crippen molar-refractivity contribution in [3.05, 3.63) is 41.2 Å². The van der Waals surface area contributed by atoms with Crippen LogP contribution in [0.25, 0.3) is 0 Å². The number of nitrogens with zero attached hydrogens (tertiary/aromatic N) is 1. The quantitative estimate of drug-likeness (QED) is 0.471. The van der Waals surface area contributed by atoms with Crippen LogP contribution in [0.4, 0.5) is 18.9 Å². The number of nitriles is 1. The minimum absolute atomic E-state index is 0.0747. The zero-order chi connectivity index (χ0) is 18.3. The van der Waals surface area contributed by atoms with Crippen LogP contribution in [0.5, 0.6) is 0 Å². The molecule has 0 fully saturated rings. The van der Waals surface area contributed by atoms with E-state index in [0.717, 1.165) is 12.1 Å². The molecule has 1 aromatic carbocycles. The molecule has 0 saturated carbocycles. The number of esters is 1. The largest absolute Gasteiger partial charge is 0.462 e. The number of anilines is 1. The number of carbonyl (C=O) groups is 1. The van der Waals surface area contributed by atoms with Gasteiger partial charge in [0.1, 0.15) is 11.9 Å². The number of halogens is 3. The Balaban J connectivity index is 3.14. The molecule has 8 heteroatoms. The Hall–Kier alpha value is -2.69. The highest BCUT2D eigenvalue weighted by atomic mass is 19.4. The lowest BCUT2D eigenvalue weighted by atomic mass is 10.2. The predicted octanol–water partition coefficient (Wildman–Crippen LogP) is 3.41. The molecule has 0 bridgehead atoms. The summed E-state index contributed by atoms with van der Waals surface area (Å²) in [6.45, 7) is 5.27. The summed E-state index contributed by atoms with van der Waals surface area (Å²) in [5.41, 5.74) is -0.782. The fraction of sp³-hybridized carbons (Fsp3) is 0.375. The van der Waals surface area contributed by atoms with Gasteiger partial charge in [-0.05, 0) is 45.0 Å². The van der Waals surface area contributed by atoms with E-state index in [-0.39, 0.29) is 24.0 Å². The van der Waals surface area contributed by atoms with E-state index in [2.05, 4.69) is 10.6 Å². The maximum atomic E-state index is 12.6. The van der Waals surface area contributed by atoms with E-state index in [0.29, 0.717) is 5.69 Å². The van der Waals surface area contributed by atoms with Crippen molar-refractivity contribution in [3.63, 3.8) is 0 Å². The molecule has 0 spiro atoms. The molecule has 5 nitrogen and oxygen atoms in total. The number of alkyl halides is 3. The van der Waals surface area contributed by atoms with E-state index in [1.165, 1.54) is 12.1 Å². The summed E-state index contributed by atoms with van der Waals surface area (Å²) in [6.07, 6.45) is -4.43. The Morgan fingerprint density at radius 3 is 2.29 bits per heavy atom. The van der Waals surface area contributed by atoms with Crippen LogP contribution >= 0.6 is 0 Å². The molecule has 0 aliphatic heterocycles. The fourth-order valence-corrected chi connectivity index (χ4v) is 1.75. The van der Waals surface area contributed by atoms with Crippen LogP contribution in [0, 0.1) is 11.3 Å². The SMILES string of the molecule is CCOC(=O)/C(C#N)=C(\Nc1ccc(C(F)(F)F)cc1)NC(C)C. The van der Waals surface area contributed by atoms with Crippen LogP contribution in [-0.2, 0) is 15.7 Å². The first-order chi connectivity index (χ1) is 11.2. The highest BCUT2D eigenvalue weighted by molar-refractivity contribution is 5.94. The molecule has 0 radical (unpaired) electrons. The van der Waals surface area contributed by atoms with E-state index < -0.39 is 17.7 Å². The zero-order valence-electron chi connectivity index (χ0n) is 13.5. The Kier molecular flexibility index (Phi) is 6.65. The van der Waals surface area contributed by atoms with Gasteiger partial charge in [-0.15, -0.1) is 0 Å². The van der Waals surface area contributed by atoms with Gasteiger partial charge in [-0.1, -0.05) is 0 Å². The van der Waals surface area contributed by atoms with E-state index in [9.17, 15) is 23.2 Å². The molecule has 0 heterocycles. The summed E-state index contributed by atoms with van der Waals surface area (Å²) in [4.78, 5) is 11.8. The summed E-state index contributed by atoms with van der Waals surface area (Å²) < 4.78 is 42.6. The Bertz CT molecular complexity index is 644. The number of hydrogen-bond acceptors (Lipinski definition) is 5. The first kappa shape index (κ1) is 19.4. The van der Waals surface area contributed by atoms with Gasteiger partial charge in [-0.2, -0.15) is 18.4 Å². The van der Waals surface area contributed by atoms with Crippen molar-refractivity contribution in [2.45, 2.75) is 33.0 Å². The molecule has 0 aliphatic rings. The molecule has 0 aliphatic carbocycles. The van der Waals surface area contributed by atoms with E-state index in [1.807, 2.05) is 0 Å². The van der Waals surface area contributed by atoms with Crippen LogP contribution < -0.4 is 10.6 Å². The lowest BCUT2D eigenvalue weighted by Crippen LogP contribution is -2.30. The number of carbonyl (C=O) groups excluding carboxylic acids is 1. The minimum atomic E-state index is -4.43. The Labute approximate surface area is 138 Å². The molecule has 0 saturated heterocycles. The normalized spacial score (nSPS) is 12.2. The molecule has 0 amide bonds. The summed E-state index contributed by atoms with van der Waals surface area (Å²) in [5.74, 6) is -0.742. The van der Waals surface area contributed by atoms with Gasteiger partial charge < -0.3 is 15.4 Å². The van der Waals surface area contributed by atoms with Crippen molar-refractivity contribution in [3.8, 4) is 6.07 Å². The van der Waals surface area contributed by atoms with Crippen molar-refractivity contribution in [2.24, 2.45) is 0 Å². The Morgan fingerprint density at radius 2 is 1.88 bits per heavy atom. The molecule has 0 unspecified atom stereocenters. The number of ether oxygens (including phenoxy) is 1. The third-order valence-electron chi connectivity index (χ3n) is 2.76. The monoisotopic (exact) mass is 341 g/mol. The van der Waals surface area contributed by atoms with Crippen molar-refractivity contribution in [1.29, 1.82) is 5.26 Å². The molecule has 130 valence electrons. The molecule has 1 rings (SSSR count). The average Bonchev–Trinajstić information content (AvgIpc) is 2.47. The first-order valence-corrected chi connectivity index (χ1v) is 7.21. The fourth-order valence-electron chi connectivity index (χ4n) is 1.75. The number of hydrogen-bond donors (Lipinski definition) is 2. The summed E-state index contributed by atoms with van der Waals surface area (Å²) >= 11 is 0. The van der Waals surface area contributed by atoms with Crippen molar-refractivity contribution in [1.82, 2.24) is 5.32 Å². The molecule has 2 N–H and O–H groups in total. The molecule has 24 heavy (non-hydrogen) atoms. The molecular formula is C16H18F3N3O2. The second-order valence-corrected chi connectivity index (χ2v) is 5.08. The van der Waals surface area contributed by atoms with Gasteiger partial charge in [0.15, 0.2) is 5.57 Å². The summed E-state index contributed by atoms with van der Waals surface area (Å²) in [5, 5.41) is 14.8. The van der Waals surface area contributed by atoms with Crippen molar-refractivity contribution in [2.75, 3.05) is 11.9 Å². The number of nitrogens with one attached hydrogen (secondary N) is 2. The third kappa shape index (κ3) is 5.50. The molecule has 0 atom stereocenters. The smallest absolute Gasteiger partial charge is 0.416 e. The average molecular weight is 341 g/mol. The molecule has 0 aromatic heterocycles. The van der Waals surface area contributed by atoms with Gasteiger partial charge in [0.25, 0.3) is 0 Å². The van der Waals surface area contributed by atoms with Crippen LogP contribution in [0.3, 0.4) is 0 Å². The van der Waals surface area contributed by atoms with Crippen molar-refractivity contribution >= 4 is 11.7 Å². The van der Waals surface area contributed by atoms with Crippen LogP contribution in [-0.4, -0.2) is 18.6 Å². The lowest BCUT2D eigenvalue weighted by Gasteiger charge is -2.18. The summed E-state index contributed by atoms with van der Waals surface area (Å²) in [6, 6.07) is 5.87. The molecular weight excluding hydrogens is 323 g/mol. The third-order valence-corrected chi connectivity index (χ3v) is 2.76. The van der Waals surface area contributed by atoms with Crippen LogP contribution in [0.1, 0.15) is 26.3 Å². The predicted molar refractivity (Wildman–Crippen MR) is 82.6 cm³/mol. The van der Waals surface area contributed by atoms with E-state index in [4.69, 9.17) is 4.74 Å². The first-order valence-electron chi connectivity index (χ1n) is 7.21. The highest BCUT2D eigenvalue weighted by Crippen LogP contribution is 2.30. The van der Waals surface area contributed by atoms with Gasteiger partial charge in [0.2, 0.25) is 0 Å². The van der Waals surface area contributed by atoms with Gasteiger partial charge in [0, 0.05) is 11.7 Å². The number of rotatable bonds is 6. The second kappa shape index (κ2) is 8.24. The number of benzene rings is 1. The van der Waals surface area contributed by atoms with E-state index >= 15 is 0 Å². The topological polar surface area (TPSA) is 74.2 Å². The highest BCUT2D eigenvalue weighted by Gasteiger charge is 2.30.